The van der Waals surface area contributed by atoms with Crippen LogP contribution in [0.25, 0.3) is 16.6 Å². The maximum atomic E-state index is 10.2. The van der Waals surface area contributed by atoms with Crippen molar-refractivity contribution in [3.8, 4) is 6.07 Å². The number of aliphatic hydroxyl groups is 1. The summed E-state index contributed by atoms with van der Waals surface area (Å²) in [7, 11) is 0. The number of nitrogens with one attached hydrogen (secondary N) is 1. The normalized spacial score (nSPS) is 12.6. The van der Waals surface area contributed by atoms with Gasteiger partial charge in [0.2, 0.25) is 0 Å². The van der Waals surface area contributed by atoms with Crippen LogP contribution in [0, 0.1) is 11.3 Å². The van der Waals surface area contributed by atoms with Gasteiger partial charge in [-0.2, -0.15) is 5.26 Å². The number of oxime groups is 1. The Labute approximate surface area is 144 Å². The molecule has 0 spiro atoms. The molecule has 1 heterocycles. The zero-order valence-electron chi connectivity index (χ0n) is 13.6. The lowest BCUT2D eigenvalue weighted by Gasteiger charge is -2.03. The average molecular weight is 332 g/mol. The van der Waals surface area contributed by atoms with Gasteiger partial charge in [0.05, 0.1) is 16.7 Å². The first-order valence-corrected chi connectivity index (χ1v) is 7.68. The van der Waals surface area contributed by atoms with Gasteiger partial charge >= 0.3 is 0 Å². The second-order valence-corrected chi connectivity index (χ2v) is 5.35. The highest BCUT2D eigenvalue weighted by Gasteiger charge is 2.13. The number of nitrogens with zero attached hydrogens (tertiary/aromatic N) is 3. The van der Waals surface area contributed by atoms with E-state index in [0.29, 0.717) is 11.5 Å². The minimum atomic E-state index is -0.230. The highest BCUT2D eigenvalue weighted by Crippen LogP contribution is 2.18. The van der Waals surface area contributed by atoms with Crippen LogP contribution in [0.15, 0.2) is 65.5 Å². The summed E-state index contributed by atoms with van der Waals surface area (Å²) < 4.78 is 0. The molecule has 0 saturated heterocycles. The number of imidazole rings is 1. The number of H-pyrrole nitrogens is 1. The van der Waals surface area contributed by atoms with E-state index < -0.39 is 0 Å². The lowest BCUT2D eigenvalue weighted by atomic mass is 10.1. The van der Waals surface area contributed by atoms with Crippen LogP contribution in [0.1, 0.15) is 18.3 Å². The minimum absolute atomic E-state index is 0.0313. The molecule has 0 amide bonds. The summed E-state index contributed by atoms with van der Waals surface area (Å²) in [5, 5.41) is 23.5. The fourth-order valence-electron chi connectivity index (χ4n) is 2.32. The first-order chi connectivity index (χ1) is 12.2. The maximum absolute atomic E-state index is 10.2. The molecule has 0 saturated carbocycles. The summed E-state index contributed by atoms with van der Waals surface area (Å²) in [5.41, 5.74) is 3.14. The van der Waals surface area contributed by atoms with Crippen LogP contribution >= 0.6 is 0 Å². The van der Waals surface area contributed by atoms with Crippen molar-refractivity contribution in [1.29, 1.82) is 5.26 Å². The van der Waals surface area contributed by atoms with E-state index in [1.54, 1.807) is 6.92 Å². The Kier molecular flexibility index (Phi) is 4.77. The summed E-state index contributed by atoms with van der Waals surface area (Å²) in [6.07, 6.45) is 0. The Hall–Kier alpha value is -3.59. The second-order valence-electron chi connectivity index (χ2n) is 5.35. The van der Waals surface area contributed by atoms with Crippen LogP contribution in [0.4, 0.5) is 0 Å². The van der Waals surface area contributed by atoms with E-state index in [4.69, 9.17) is 4.84 Å². The smallest absolute Gasteiger partial charge is 0.175 e. The van der Waals surface area contributed by atoms with Gasteiger partial charge in [0.15, 0.2) is 18.2 Å². The number of allylic oxidation sites excluding steroid dienone is 1. The van der Waals surface area contributed by atoms with Crippen molar-refractivity contribution in [2.75, 3.05) is 6.61 Å². The van der Waals surface area contributed by atoms with Gasteiger partial charge in [-0.25, -0.2) is 4.98 Å². The van der Waals surface area contributed by atoms with Crippen LogP contribution in [-0.2, 0) is 4.84 Å². The van der Waals surface area contributed by atoms with Crippen LogP contribution in [-0.4, -0.2) is 27.4 Å². The molecule has 1 aromatic heterocycles. The third-order valence-electron chi connectivity index (χ3n) is 3.62. The van der Waals surface area contributed by atoms with Crippen molar-refractivity contribution in [2.24, 2.45) is 5.16 Å². The number of aromatic amines is 1. The molecule has 0 radical (unpaired) electrons. The first-order valence-electron chi connectivity index (χ1n) is 7.68. The van der Waals surface area contributed by atoms with Gasteiger partial charge in [0.25, 0.3) is 0 Å². The van der Waals surface area contributed by atoms with Crippen molar-refractivity contribution in [3.63, 3.8) is 0 Å². The van der Waals surface area contributed by atoms with Gasteiger partial charge in [-0.1, -0.05) is 47.6 Å². The third kappa shape index (κ3) is 3.67. The molecule has 6 heteroatoms. The quantitative estimate of drug-likeness (QED) is 0.321. The molecule has 0 aliphatic heterocycles. The number of rotatable bonds is 5. The number of aliphatic hydroxyl groups excluding tert-OH is 1. The predicted molar refractivity (Wildman–Crippen MR) is 95.9 cm³/mol. The first kappa shape index (κ1) is 16.3. The Balaban J connectivity index is 1.77. The Bertz CT molecular complexity index is 948. The highest BCUT2D eigenvalue weighted by atomic mass is 16.6. The molecule has 0 aliphatic carbocycles. The van der Waals surface area contributed by atoms with Gasteiger partial charge in [-0.05, 0) is 24.6 Å². The van der Waals surface area contributed by atoms with E-state index in [1.807, 2.05) is 60.7 Å². The van der Waals surface area contributed by atoms with Crippen molar-refractivity contribution in [3.05, 3.63) is 71.7 Å². The van der Waals surface area contributed by atoms with E-state index in [2.05, 4.69) is 15.1 Å². The van der Waals surface area contributed by atoms with Crippen LogP contribution in [0.3, 0.4) is 0 Å². The van der Waals surface area contributed by atoms with Crippen molar-refractivity contribution < 1.29 is 9.94 Å². The van der Waals surface area contributed by atoms with E-state index >= 15 is 0 Å². The lowest BCUT2D eigenvalue weighted by molar-refractivity contribution is 0.137. The van der Waals surface area contributed by atoms with Crippen LogP contribution in [0.5, 0.6) is 0 Å². The van der Waals surface area contributed by atoms with E-state index in [9.17, 15) is 10.4 Å². The highest BCUT2D eigenvalue weighted by molar-refractivity contribution is 5.98. The standard InChI is InChI=1S/C19H16N4O2/c1-13(14-7-3-2-4-8-14)23-25-12-18(24)15(11-20)19-21-16-9-5-6-10-17(16)22-19/h2-10,24H,12H2,1H3,(H,21,22)/b18-15+,23-13+. The zero-order chi connectivity index (χ0) is 17.6. The summed E-state index contributed by atoms with van der Waals surface area (Å²) in [4.78, 5) is 12.5. The molecule has 0 bridgehead atoms. The molecule has 3 aromatic rings. The third-order valence-corrected chi connectivity index (χ3v) is 3.62. The molecule has 2 aromatic carbocycles. The minimum Gasteiger partial charge on any atom is -0.507 e. The van der Waals surface area contributed by atoms with E-state index in [1.165, 1.54) is 0 Å². The monoisotopic (exact) mass is 332 g/mol. The lowest BCUT2D eigenvalue weighted by Crippen LogP contribution is -2.01. The molecular weight excluding hydrogens is 316 g/mol. The van der Waals surface area contributed by atoms with Crippen LogP contribution < -0.4 is 0 Å². The number of benzene rings is 2. The topological polar surface area (TPSA) is 94.3 Å². The number of hydrogen-bond acceptors (Lipinski definition) is 5. The molecule has 0 aliphatic rings. The molecule has 0 fully saturated rings. The van der Waals surface area contributed by atoms with E-state index in [0.717, 1.165) is 16.6 Å². The fraction of sp³-hybridized carbons (Fsp3) is 0.105. The van der Waals surface area contributed by atoms with Gasteiger partial charge < -0.3 is 14.9 Å². The number of aromatic nitrogens is 2. The summed E-state index contributed by atoms with van der Waals surface area (Å²) in [6.45, 7) is 1.59. The number of hydrogen-bond donors (Lipinski definition) is 2. The van der Waals surface area contributed by atoms with Crippen molar-refractivity contribution in [2.45, 2.75) is 6.92 Å². The van der Waals surface area contributed by atoms with E-state index in [-0.39, 0.29) is 17.9 Å². The molecule has 0 atom stereocenters. The molecule has 0 unspecified atom stereocenters. The summed E-state index contributed by atoms with van der Waals surface area (Å²) in [5.74, 6) is 0.0692. The number of para-hydroxylation sites is 2. The fourth-order valence-corrected chi connectivity index (χ4v) is 2.32. The van der Waals surface area contributed by atoms with Gasteiger partial charge in [0, 0.05) is 0 Å². The number of nitriles is 1. The maximum Gasteiger partial charge on any atom is 0.175 e. The largest absolute Gasteiger partial charge is 0.507 e. The predicted octanol–water partition coefficient (Wildman–Crippen LogP) is 3.80. The summed E-state index contributed by atoms with van der Waals surface area (Å²) >= 11 is 0. The van der Waals surface area contributed by atoms with Gasteiger partial charge in [-0.15, -0.1) is 0 Å². The molecular formula is C19H16N4O2. The Morgan fingerprint density at radius 1 is 1.20 bits per heavy atom. The molecule has 2 N–H and O–H groups in total. The van der Waals surface area contributed by atoms with Gasteiger partial charge in [0.1, 0.15) is 11.6 Å². The second kappa shape index (κ2) is 7.32. The van der Waals surface area contributed by atoms with Crippen LogP contribution in [0.2, 0.25) is 0 Å². The van der Waals surface area contributed by atoms with Crippen molar-refractivity contribution >= 4 is 22.3 Å². The summed E-state index contributed by atoms with van der Waals surface area (Å²) in [6, 6.07) is 18.9. The SMILES string of the molecule is C/C(=N\OC/C(O)=C(/C#N)c1nc2ccccc2[nH]1)c1ccccc1. The molecule has 25 heavy (non-hydrogen) atoms. The molecule has 3 rings (SSSR count). The number of fused-ring (bicyclic) bond motifs is 1. The Morgan fingerprint density at radius 2 is 1.92 bits per heavy atom. The average Bonchev–Trinajstić information content (AvgIpc) is 3.06. The molecule has 124 valence electrons. The van der Waals surface area contributed by atoms with Crippen molar-refractivity contribution in [1.82, 2.24) is 9.97 Å². The molecule has 6 nitrogen and oxygen atoms in total. The Morgan fingerprint density at radius 3 is 2.64 bits per heavy atom. The zero-order valence-corrected chi connectivity index (χ0v) is 13.6. The van der Waals surface area contributed by atoms with Gasteiger partial charge in [-0.3, -0.25) is 0 Å².